The number of nitrogens with zero attached hydrogens (tertiary/aromatic N) is 1. The normalized spacial score (nSPS) is 19.3. The Morgan fingerprint density at radius 1 is 1.56 bits per heavy atom. The molecule has 1 aliphatic heterocycles. The summed E-state index contributed by atoms with van der Waals surface area (Å²) in [5.41, 5.74) is 1.84. The van der Waals surface area contributed by atoms with Crippen molar-refractivity contribution < 1.29 is 4.79 Å². The molecular formula is C14H19BrN2O. The number of rotatable bonds is 3. The number of likely N-dealkylation sites (N-methyl/N-ethyl adjacent to an activating group) is 1. The summed E-state index contributed by atoms with van der Waals surface area (Å²) >= 11 is 3.49. The summed E-state index contributed by atoms with van der Waals surface area (Å²) in [6.45, 7) is 3.73. The predicted octanol–water partition coefficient (Wildman–Crippen LogP) is 2.58. The monoisotopic (exact) mass is 310 g/mol. The van der Waals surface area contributed by atoms with E-state index in [1.807, 2.05) is 37.1 Å². The van der Waals surface area contributed by atoms with E-state index in [0.717, 1.165) is 41.5 Å². The van der Waals surface area contributed by atoms with Gasteiger partial charge in [0.25, 0.3) is 5.91 Å². The number of hydrogen-bond donors (Lipinski definition) is 1. The van der Waals surface area contributed by atoms with Gasteiger partial charge in [-0.25, -0.2) is 0 Å². The van der Waals surface area contributed by atoms with Gasteiger partial charge in [-0.3, -0.25) is 4.79 Å². The third-order valence-corrected chi connectivity index (χ3v) is 4.43. The molecule has 0 radical (unpaired) electrons. The first-order chi connectivity index (χ1) is 8.65. The molecule has 1 saturated heterocycles. The highest BCUT2D eigenvalue weighted by atomic mass is 79.9. The van der Waals surface area contributed by atoms with Gasteiger partial charge in [0.05, 0.1) is 0 Å². The molecule has 1 atom stereocenters. The first-order valence-electron chi connectivity index (χ1n) is 6.36. The Hall–Kier alpha value is -0.870. The third kappa shape index (κ3) is 2.59. The molecule has 2 rings (SSSR count). The summed E-state index contributed by atoms with van der Waals surface area (Å²) in [5, 5.41) is 3.17. The average molecular weight is 311 g/mol. The molecule has 0 spiro atoms. The quantitative estimate of drug-likeness (QED) is 0.930. The number of benzene rings is 1. The lowest BCUT2D eigenvalue weighted by atomic mass is 10.1. The molecule has 98 valence electrons. The molecule has 1 amide bonds. The van der Waals surface area contributed by atoms with Gasteiger partial charge in [-0.1, -0.05) is 22.0 Å². The van der Waals surface area contributed by atoms with E-state index in [4.69, 9.17) is 0 Å². The maximum atomic E-state index is 12.6. The molecule has 0 saturated carbocycles. The van der Waals surface area contributed by atoms with E-state index in [1.54, 1.807) is 0 Å². The van der Waals surface area contributed by atoms with Crippen molar-refractivity contribution in [2.45, 2.75) is 25.8 Å². The number of amides is 1. The van der Waals surface area contributed by atoms with Gasteiger partial charge < -0.3 is 10.2 Å². The van der Waals surface area contributed by atoms with Crippen LogP contribution in [0.2, 0.25) is 0 Å². The third-order valence-electron chi connectivity index (χ3n) is 3.58. The molecule has 1 heterocycles. The minimum absolute atomic E-state index is 0.159. The molecule has 1 fully saturated rings. The SMILES string of the molecule is CNC[C@H]1CCCN1C(=O)c1cccc(Br)c1C. The van der Waals surface area contributed by atoms with E-state index in [2.05, 4.69) is 21.2 Å². The number of carbonyl (C=O) groups is 1. The molecule has 18 heavy (non-hydrogen) atoms. The molecule has 3 nitrogen and oxygen atoms in total. The standard InChI is InChI=1S/C14H19BrN2O/c1-10-12(6-3-7-13(10)15)14(18)17-8-4-5-11(17)9-16-2/h3,6-7,11,16H,4-5,8-9H2,1-2H3/t11-/m1/s1. The van der Waals surface area contributed by atoms with Crippen molar-refractivity contribution in [3.63, 3.8) is 0 Å². The van der Waals surface area contributed by atoms with E-state index >= 15 is 0 Å². The van der Waals surface area contributed by atoms with Gasteiger partial charge in [0.1, 0.15) is 0 Å². The lowest BCUT2D eigenvalue weighted by Crippen LogP contribution is -2.41. The van der Waals surface area contributed by atoms with E-state index in [-0.39, 0.29) is 5.91 Å². The number of nitrogens with one attached hydrogen (secondary N) is 1. The van der Waals surface area contributed by atoms with Crippen LogP contribution >= 0.6 is 15.9 Å². The lowest BCUT2D eigenvalue weighted by Gasteiger charge is -2.25. The van der Waals surface area contributed by atoms with Crippen LogP contribution in [0.4, 0.5) is 0 Å². The van der Waals surface area contributed by atoms with Crippen LogP contribution in [-0.2, 0) is 0 Å². The molecule has 0 aromatic heterocycles. The minimum Gasteiger partial charge on any atom is -0.334 e. The zero-order chi connectivity index (χ0) is 13.1. The Labute approximate surface area is 117 Å². The van der Waals surface area contributed by atoms with Crippen LogP contribution in [0.1, 0.15) is 28.8 Å². The van der Waals surface area contributed by atoms with Gasteiger partial charge in [0, 0.05) is 29.2 Å². The van der Waals surface area contributed by atoms with E-state index in [1.165, 1.54) is 0 Å². The zero-order valence-corrected chi connectivity index (χ0v) is 12.5. The van der Waals surface area contributed by atoms with Gasteiger partial charge in [0.15, 0.2) is 0 Å². The van der Waals surface area contributed by atoms with Crippen molar-refractivity contribution in [3.8, 4) is 0 Å². The van der Waals surface area contributed by atoms with Crippen LogP contribution in [-0.4, -0.2) is 37.0 Å². The Balaban J connectivity index is 2.23. The van der Waals surface area contributed by atoms with Crippen LogP contribution in [0.5, 0.6) is 0 Å². The first-order valence-corrected chi connectivity index (χ1v) is 7.15. The highest BCUT2D eigenvalue weighted by Crippen LogP contribution is 2.24. The van der Waals surface area contributed by atoms with Crippen LogP contribution in [0.3, 0.4) is 0 Å². The number of hydrogen-bond acceptors (Lipinski definition) is 2. The molecule has 0 unspecified atom stereocenters. The Bertz CT molecular complexity index is 447. The largest absolute Gasteiger partial charge is 0.334 e. The molecule has 1 N–H and O–H groups in total. The van der Waals surface area contributed by atoms with Gasteiger partial charge in [-0.05, 0) is 44.5 Å². The van der Waals surface area contributed by atoms with Crippen molar-refractivity contribution in [3.05, 3.63) is 33.8 Å². The van der Waals surface area contributed by atoms with E-state index in [9.17, 15) is 4.79 Å². The first kappa shape index (κ1) is 13.6. The van der Waals surface area contributed by atoms with Crippen LogP contribution in [0, 0.1) is 6.92 Å². The van der Waals surface area contributed by atoms with Gasteiger partial charge >= 0.3 is 0 Å². The molecule has 1 aliphatic rings. The highest BCUT2D eigenvalue weighted by molar-refractivity contribution is 9.10. The molecule has 4 heteroatoms. The maximum absolute atomic E-state index is 12.6. The molecule has 0 aliphatic carbocycles. The second-order valence-corrected chi connectivity index (χ2v) is 5.62. The van der Waals surface area contributed by atoms with E-state index in [0.29, 0.717) is 6.04 Å². The topological polar surface area (TPSA) is 32.3 Å². The maximum Gasteiger partial charge on any atom is 0.254 e. The second-order valence-electron chi connectivity index (χ2n) is 4.76. The Morgan fingerprint density at radius 3 is 3.06 bits per heavy atom. The summed E-state index contributed by atoms with van der Waals surface area (Å²) in [7, 11) is 1.94. The molecule has 1 aromatic rings. The van der Waals surface area contributed by atoms with Crippen molar-refractivity contribution in [2.75, 3.05) is 20.1 Å². The average Bonchev–Trinajstić information content (AvgIpc) is 2.80. The van der Waals surface area contributed by atoms with Crippen molar-refractivity contribution in [2.24, 2.45) is 0 Å². The summed E-state index contributed by atoms with van der Waals surface area (Å²) < 4.78 is 0.998. The molecule has 0 bridgehead atoms. The highest BCUT2D eigenvalue weighted by Gasteiger charge is 2.29. The van der Waals surface area contributed by atoms with Crippen molar-refractivity contribution >= 4 is 21.8 Å². The van der Waals surface area contributed by atoms with Gasteiger partial charge in [-0.2, -0.15) is 0 Å². The van der Waals surface area contributed by atoms with Crippen LogP contribution in [0.25, 0.3) is 0 Å². The smallest absolute Gasteiger partial charge is 0.254 e. The van der Waals surface area contributed by atoms with Crippen LogP contribution in [0.15, 0.2) is 22.7 Å². The molecule has 1 aromatic carbocycles. The fourth-order valence-corrected chi connectivity index (χ4v) is 2.91. The molecular weight excluding hydrogens is 292 g/mol. The Morgan fingerprint density at radius 2 is 2.33 bits per heavy atom. The zero-order valence-electron chi connectivity index (χ0n) is 10.9. The number of carbonyl (C=O) groups excluding carboxylic acids is 1. The summed E-state index contributed by atoms with van der Waals surface area (Å²) in [6, 6.07) is 6.15. The van der Waals surface area contributed by atoms with Gasteiger partial charge in [-0.15, -0.1) is 0 Å². The van der Waals surface area contributed by atoms with Crippen molar-refractivity contribution in [1.29, 1.82) is 0 Å². The fraction of sp³-hybridized carbons (Fsp3) is 0.500. The van der Waals surface area contributed by atoms with Crippen molar-refractivity contribution in [1.82, 2.24) is 10.2 Å². The number of likely N-dealkylation sites (tertiary alicyclic amines) is 1. The lowest BCUT2D eigenvalue weighted by molar-refractivity contribution is 0.0736. The fourth-order valence-electron chi connectivity index (χ4n) is 2.54. The van der Waals surface area contributed by atoms with Gasteiger partial charge in [0.2, 0.25) is 0 Å². The summed E-state index contributed by atoms with van der Waals surface area (Å²) in [6.07, 6.45) is 2.20. The number of halogens is 1. The second kappa shape index (κ2) is 5.85. The predicted molar refractivity (Wildman–Crippen MR) is 76.9 cm³/mol. The minimum atomic E-state index is 0.159. The van der Waals surface area contributed by atoms with Crippen LogP contribution < -0.4 is 5.32 Å². The Kier molecular flexibility index (Phi) is 4.40. The summed E-state index contributed by atoms with van der Waals surface area (Å²) in [4.78, 5) is 14.6. The summed E-state index contributed by atoms with van der Waals surface area (Å²) in [5.74, 6) is 0.159. The van der Waals surface area contributed by atoms with E-state index < -0.39 is 0 Å².